The minimum Gasteiger partial charge on any atom is -0.245 e. The molecule has 10 rings (SSSR count). The Bertz CT molecular complexity index is 2940. The Morgan fingerprint density at radius 1 is 0.308 bits per heavy atom. The Kier molecular flexibility index (Phi) is 7.10. The van der Waals surface area contributed by atoms with Crippen LogP contribution >= 0.6 is 0 Å². The van der Waals surface area contributed by atoms with Crippen molar-refractivity contribution in [2.45, 2.75) is 0 Å². The average molecular weight is 663 g/mol. The van der Waals surface area contributed by atoms with Gasteiger partial charge in [0.15, 0.2) is 5.82 Å². The topological polar surface area (TPSA) is 51.6 Å². The van der Waals surface area contributed by atoms with Crippen molar-refractivity contribution in [3.8, 4) is 56.3 Å². The Labute approximate surface area is 300 Å². The van der Waals surface area contributed by atoms with Crippen LogP contribution in [0.5, 0.6) is 0 Å². The van der Waals surface area contributed by atoms with E-state index in [0.29, 0.717) is 5.82 Å². The average Bonchev–Trinajstić information content (AvgIpc) is 3.23. The first-order chi connectivity index (χ1) is 25.8. The molecule has 0 atom stereocenters. The van der Waals surface area contributed by atoms with E-state index in [1.165, 1.54) is 0 Å². The van der Waals surface area contributed by atoms with Crippen LogP contribution in [0.25, 0.3) is 99.8 Å². The molecule has 0 amide bonds. The zero-order valence-corrected chi connectivity index (χ0v) is 28.1. The van der Waals surface area contributed by atoms with Crippen LogP contribution in [0.2, 0.25) is 0 Å². The van der Waals surface area contributed by atoms with E-state index in [1.807, 2.05) is 42.5 Å². The summed E-state index contributed by atoms with van der Waals surface area (Å²) in [5.74, 6) is 0.713. The summed E-state index contributed by atoms with van der Waals surface area (Å²) in [5.41, 5.74) is 12.0. The quantitative estimate of drug-likeness (QED) is 0.172. The molecule has 0 fully saturated rings. The summed E-state index contributed by atoms with van der Waals surface area (Å²) in [6.07, 6.45) is 0. The highest BCUT2D eigenvalue weighted by Crippen LogP contribution is 2.38. The highest BCUT2D eigenvalue weighted by atomic mass is 14.9. The van der Waals surface area contributed by atoms with Gasteiger partial charge >= 0.3 is 0 Å². The Hall–Kier alpha value is -7.04. The number of pyridine rings is 2. The van der Waals surface area contributed by atoms with E-state index in [-0.39, 0.29) is 0 Å². The van der Waals surface area contributed by atoms with E-state index < -0.39 is 0 Å². The van der Waals surface area contributed by atoms with Gasteiger partial charge in [0.1, 0.15) is 0 Å². The van der Waals surface area contributed by atoms with E-state index in [4.69, 9.17) is 19.9 Å². The Morgan fingerprint density at radius 2 is 0.865 bits per heavy atom. The normalized spacial score (nSPS) is 11.5. The predicted octanol–water partition coefficient (Wildman–Crippen LogP) is 12.2. The van der Waals surface area contributed by atoms with Crippen molar-refractivity contribution >= 4 is 43.5 Å². The maximum absolute atomic E-state index is 5.30. The van der Waals surface area contributed by atoms with Gasteiger partial charge in [0.2, 0.25) is 0 Å². The minimum absolute atomic E-state index is 0.713. The molecule has 7 aromatic carbocycles. The first kappa shape index (κ1) is 29.8. The van der Waals surface area contributed by atoms with Crippen molar-refractivity contribution in [2.75, 3.05) is 0 Å². The lowest BCUT2D eigenvalue weighted by molar-refractivity contribution is 1.23. The number of benzene rings is 7. The fourth-order valence-electron chi connectivity index (χ4n) is 7.30. The van der Waals surface area contributed by atoms with Gasteiger partial charge in [-0.2, -0.15) is 0 Å². The Morgan fingerprint density at radius 3 is 1.56 bits per heavy atom. The lowest BCUT2D eigenvalue weighted by atomic mass is 9.93. The lowest BCUT2D eigenvalue weighted by Gasteiger charge is -2.14. The van der Waals surface area contributed by atoms with E-state index in [2.05, 4.69) is 140 Å². The molecule has 242 valence electrons. The number of hydrogen-bond donors (Lipinski definition) is 0. The third kappa shape index (κ3) is 5.17. The number of rotatable bonds is 5. The molecule has 3 aromatic heterocycles. The van der Waals surface area contributed by atoms with Crippen LogP contribution in [0.3, 0.4) is 0 Å². The molecule has 10 aromatic rings. The standard InChI is InChI=1S/C48H30N4/c1-4-12-31(13-5-1)42-28-25-33-22-23-34-26-29-43(50-47(34)46(33)49-42)40-21-11-19-38-37(18-10-20-39(38)40)36-24-27-41-44(30-36)51-48(35-16-8-3-9-17-35)52-45(41)32-14-6-2-7-15-32/h1-30H. The summed E-state index contributed by atoms with van der Waals surface area (Å²) in [4.78, 5) is 20.6. The highest BCUT2D eigenvalue weighted by molar-refractivity contribution is 6.08. The van der Waals surface area contributed by atoms with Crippen LogP contribution in [-0.4, -0.2) is 19.9 Å². The fraction of sp³-hybridized carbons (Fsp3) is 0. The first-order valence-electron chi connectivity index (χ1n) is 17.5. The van der Waals surface area contributed by atoms with Crippen LogP contribution in [0, 0.1) is 0 Å². The highest BCUT2D eigenvalue weighted by Gasteiger charge is 2.15. The molecule has 0 saturated carbocycles. The van der Waals surface area contributed by atoms with E-state index in [1.54, 1.807) is 0 Å². The summed E-state index contributed by atoms with van der Waals surface area (Å²) in [6.45, 7) is 0. The van der Waals surface area contributed by atoms with Crippen molar-refractivity contribution in [1.29, 1.82) is 0 Å². The molecule has 0 aliphatic heterocycles. The second kappa shape index (κ2) is 12.4. The monoisotopic (exact) mass is 662 g/mol. The molecule has 0 bridgehead atoms. The van der Waals surface area contributed by atoms with Gasteiger partial charge < -0.3 is 0 Å². The van der Waals surface area contributed by atoms with E-state index >= 15 is 0 Å². The number of fused-ring (bicyclic) bond motifs is 5. The number of nitrogens with zero attached hydrogens (tertiary/aromatic N) is 4. The zero-order chi connectivity index (χ0) is 34.4. The van der Waals surface area contributed by atoms with Crippen LogP contribution in [0.4, 0.5) is 0 Å². The van der Waals surface area contributed by atoms with Gasteiger partial charge in [0, 0.05) is 38.4 Å². The third-order valence-electron chi connectivity index (χ3n) is 9.87. The zero-order valence-electron chi connectivity index (χ0n) is 28.1. The largest absolute Gasteiger partial charge is 0.245 e. The maximum atomic E-state index is 5.30. The van der Waals surface area contributed by atoms with Crippen molar-refractivity contribution in [2.24, 2.45) is 0 Å². The van der Waals surface area contributed by atoms with Gasteiger partial charge in [-0.05, 0) is 46.2 Å². The predicted molar refractivity (Wildman–Crippen MR) is 215 cm³/mol. The summed E-state index contributed by atoms with van der Waals surface area (Å²) in [7, 11) is 0. The molecular weight excluding hydrogens is 633 g/mol. The molecule has 52 heavy (non-hydrogen) atoms. The molecule has 0 spiro atoms. The van der Waals surface area contributed by atoms with Gasteiger partial charge in [-0.15, -0.1) is 0 Å². The summed E-state index contributed by atoms with van der Waals surface area (Å²) in [5, 5.41) is 5.46. The third-order valence-corrected chi connectivity index (χ3v) is 9.87. The molecule has 0 unspecified atom stereocenters. The Balaban J connectivity index is 1.12. The molecule has 4 heteroatoms. The van der Waals surface area contributed by atoms with Crippen LogP contribution in [0.15, 0.2) is 182 Å². The molecule has 0 radical (unpaired) electrons. The second-order valence-corrected chi connectivity index (χ2v) is 13.0. The van der Waals surface area contributed by atoms with Crippen LogP contribution in [0.1, 0.15) is 0 Å². The van der Waals surface area contributed by atoms with Gasteiger partial charge in [0.05, 0.1) is 33.6 Å². The summed E-state index contributed by atoms with van der Waals surface area (Å²) >= 11 is 0. The smallest absolute Gasteiger partial charge is 0.160 e. The van der Waals surface area contributed by atoms with E-state index in [0.717, 1.165) is 93.9 Å². The lowest BCUT2D eigenvalue weighted by Crippen LogP contribution is -1.96. The van der Waals surface area contributed by atoms with E-state index in [9.17, 15) is 0 Å². The van der Waals surface area contributed by atoms with Gasteiger partial charge in [-0.1, -0.05) is 158 Å². The van der Waals surface area contributed by atoms with Crippen molar-refractivity contribution in [3.05, 3.63) is 182 Å². The van der Waals surface area contributed by atoms with Crippen LogP contribution < -0.4 is 0 Å². The summed E-state index contributed by atoms with van der Waals surface area (Å²) < 4.78 is 0. The molecular formula is C48H30N4. The maximum Gasteiger partial charge on any atom is 0.160 e. The molecule has 0 N–H and O–H groups in total. The first-order valence-corrected chi connectivity index (χ1v) is 17.5. The number of aromatic nitrogens is 4. The van der Waals surface area contributed by atoms with Crippen molar-refractivity contribution < 1.29 is 0 Å². The summed E-state index contributed by atoms with van der Waals surface area (Å²) in [6, 6.07) is 63.2. The molecule has 3 heterocycles. The van der Waals surface area contributed by atoms with Gasteiger partial charge in [0.25, 0.3) is 0 Å². The molecule has 0 aliphatic rings. The minimum atomic E-state index is 0.713. The molecule has 0 saturated heterocycles. The number of hydrogen-bond acceptors (Lipinski definition) is 4. The van der Waals surface area contributed by atoms with Gasteiger partial charge in [-0.25, -0.2) is 19.9 Å². The SMILES string of the molecule is c1ccc(-c2ccc3ccc4ccc(-c5cccc6c(-c7ccc8c(-c9ccccc9)nc(-c9ccccc9)nc8c7)cccc56)nc4c3n2)cc1. The molecule has 0 aliphatic carbocycles. The van der Waals surface area contributed by atoms with Crippen LogP contribution in [-0.2, 0) is 0 Å². The van der Waals surface area contributed by atoms with Crippen molar-refractivity contribution in [3.63, 3.8) is 0 Å². The fourth-order valence-corrected chi connectivity index (χ4v) is 7.30. The van der Waals surface area contributed by atoms with Gasteiger partial charge in [-0.3, -0.25) is 0 Å². The van der Waals surface area contributed by atoms with Crippen molar-refractivity contribution in [1.82, 2.24) is 19.9 Å². The molecule has 4 nitrogen and oxygen atoms in total. The second-order valence-electron chi connectivity index (χ2n) is 13.0.